The first-order chi connectivity index (χ1) is 8.70. The molecule has 1 aromatic heterocycles. The predicted octanol–water partition coefficient (Wildman–Crippen LogP) is 3.94. The molecule has 18 heavy (non-hydrogen) atoms. The molecular formula is C13H14BrFN2S. The molecule has 0 saturated carbocycles. The van der Waals surface area contributed by atoms with Crippen molar-refractivity contribution < 1.29 is 4.39 Å². The van der Waals surface area contributed by atoms with Crippen molar-refractivity contribution in [1.82, 2.24) is 10.3 Å². The third-order valence-corrected chi connectivity index (χ3v) is 4.07. The quantitative estimate of drug-likeness (QED) is 0.899. The number of nitrogens with one attached hydrogen (secondary N) is 1. The number of halogens is 2. The molecule has 0 aliphatic carbocycles. The van der Waals surface area contributed by atoms with Gasteiger partial charge in [-0.05, 0) is 30.7 Å². The third kappa shape index (κ3) is 3.37. The largest absolute Gasteiger partial charge is 0.309 e. The maximum absolute atomic E-state index is 13.8. The molecule has 0 bridgehead atoms. The van der Waals surface area contributed by atoms with Gasteiger partial charge in [0.25, 0.3) is 0 Å². The fraction of sp³-hybridized carbons (Fsp3) is 0.308. The Morgan fingerprint density at radius 1 is 1.50 bits per heavy atom. The molecule has 1 unspecified atom stereocenters. The van der Waals surface area contributed by atoms with Crippen molar-refractivity contribution in [3.8, 4) is 0 Å². The number of nitrogens with zero attached hydrogens (tertiary/aromatic N) is 1. The summed E-state index contributed by atoms with van der Waals surface area (Å²) in [5.41, 5.74) is 2.52. The van der Waals surface area contributed by atoms with Crippen molar-refractivity contribution in [3.05, 3.63) is 50.6 Å². The first-order valence-corrected chi connectivity index (χ1v) is 7.43. The van der Waals surface area contributed by atoms with Gasteiger partial charge in [0.1, 0.15) is 5.82 Å². The van der Waals surface area contributed by atoms with Gasteiger partial charge in [0.05, 0.1) is 5.51 Å². The fourth-order valence-corrected chi connectivity index (χ4v) is 2.85. The van der Waals surface area contributed by atoms with E-state index < -0.39 is 0 Å². The van der Waals surface area contributed by atoms with Crippen LogP contribution >= 0.6 is 27.3 Å². The molecule has 0 fully saturated rings. The predicted molar refractivity (Wildman–Crippen MR) is 76.3 cm³/mol. The lowest BCUT2D eigenvalue weighted by Crippen LogP contribution is -2.22. The standard InChI is InChI=1S/C13H14BrFN2S/c1-2-17-12(13-7-16-8-18-13)5-9-3-4-10(14)6-11(9)15/h3-4,6-8,12,17H,2,5H2,1H3. The van der Waals surface area contributed by atoms with Crippen molar-refractivity contribution in [2.45, 2.75) is 19.4 Å². The summed E-state index contributed by atoms with van der Waals surface area (Å²) in [6, 6.07) is 5.32. The summed E-state index contributed by atoms with van der Waals surface area (Å²) in [6.45, 7) is 2.90. The minimum absolute atomic E-state index is 0.123. The smallest absolute Gasteiger partial charge is 0.127 e. The molecule has 1 heterocycles. The van der Waals surface area contributed by atoms with Gasteiger partial charge in [0, 0.05) is 21.6 Å². The zero-order valence-corrected chi connectivity index (χ0v) is 12.4. The number of rotatable bonds is 5. The lowest BCUT2D eigenvalue weighted by Gasteiger charge is -2.16. The number of hydrogen-bond acceptors (Lipinski definition) is 3. The van der Waals surface area contributed by atoms with Gasteiger partial charge in [-0.3, -0.25) is 4.98 Å². The fourth-order valence-electron chi connectivity index (χ4n) is 1.82. The van der Waals surface area contributed by atoms with Crippen molar-refractivity contribution in [3.63, 3.8) is 0 Å². The average Bonchev–Trinajstić information content (AvgIpc) is 2.85. The second-order valence-electron chi connectivity index (χ2n) is 3.95. The first kappa shape index (κ1) is 13.6. The van der Waals surface area contributed by atoms with E-state index in [0.29, 0.717) is 6.42 Å². The normalized spacial score (nSPS) is 12.6. The molecule has 0 spiro atoms. The Bertz CT molecular complexity index is 502. The van der Waals surface area contributed by atoms with Crippen LogP contribution < -0.4 is 5.32 Å². The number of thiazole rings is 1. The van der Waals surface area contributed by atoms with Crippen LogP contribution in [0.15, 0.2) is 34.4 Å². The van der Waals surface area contributed by atoms with Crippen molar-refractivity contribution >= 4 is 27.3 Å². The lowest BCUT2D eigenvalue weighted by molar-refractivity contribution is 0.533. The van der Waals surface area contributed by atoms with Crippen LogP contribution in [-0.2, 0) is 6.42 Å². The van der Waals surface area contributed by atoms with E-state index >= 15 is 0 Å². The van der Waals surface area contributed by atoms with Crippen LogP contribution in [0.4, 0.5) is 4.39 Å². The van der Waals surface area contributed by atoms with Gasteiger partial charge >= 0.3 is 0 Å². The summed E-state index contributed by atoms with van der Waals surface area (Å²) in [5, 5.41) is 3.37. The molecule has 96 valence electrons. The van der Waals surface area contributed by atoms with E-state index in [1.54, 1.807) is 16.8 Å². The van der Waals surface area contributed by atoms with E-state index in [4.69, 9.17) is 0 Å². The topological polar surface area (TPSA) is 24.9 Å². The minimum atomic E-state index is -0.170. The minimum Gasteiger partial charge on any atom is -0.309 e. The highest BCUT2D eigenvalue weighted by Gasteiger charge is 2.15. The van der Waals surface area contributed by atoms with E-state index in [9.17, 15) is 4.39 Å². The van der Waals surface area contributed by atoms with Crippen molar-refractivity contribution in [2.24, 2.45) is 0 Å². The number of benzene rings is 1. The second kappa shape index (κ2) is 6.41. The van der Waals surface area contributed by atoms with E-state index in [1.165, 1.54) is 6.07 Å². The Balaban J connectivity index is 2.18. The molecular weight excluding hydrogens is 315 g/mol. The third-order valence-electron chi connectivity index (χ3n) is 2.68. The van der Waals surface area contributed by atoms with Gasteiger partial charge in [0.2, 0.25) is 0 Å². The summed E-state index contributed by atoms with van der Waals surface area (Å²) < 4.78 is 14.6. The molecule has 1 N–H and O–H groups in total. The first-order valence-electron chi connectivity index (χ1n) is 5.76. The zero-order valence-electron chi connectivity index (χ0n) is 9.99. The van der Waals surface area contributed by atoms with Crippen LogP contribution in [0.5, 0.6) is 0 Å². The van der Waals surface area contributed by atoms with Crippen LogP contribution in [0.3, 0.4) is 0 Å². The monoisotopic (exact) mass is 328 g/mol. The average molecular weight is 329 g/mol. The number of aromatic nitrogens is 1. The molecule has 0 saturated heterocycles. The van der Waals surface area contributed by atoms with Crippen molar-refractivity contribution in [2.75, 3.05) is 6.54 Å². The Labute approximate surface area is 118 Å². The molecule has 0 radical (unpaired) electrons. The SMILES string of the molecule is CCNC(Cc1ccc(Br)cc1F)c1cncs1. The van der Waals surface area contributed by atoms with Gasteiger partial charge < -0.3 is 5.32 Å². The van der Waals surface area contributed by atoms with E-state index in [0.717, 1.165) is 21.5 Å². The molecule has 2 rings (SSSR count). The van der Waals surface area contributed by atoms with Gasteiger partial charge in [-0.2, -0.15) is 0 Å². The highest BCUT2D eigenvalue weighted by Crippen LogP contribution is 2.24. The summed E-state index contributed by atoms with van der Waals surface area (Å²) in [4.78, 5) is 5.22. The maximum atomic E-state index is 13.8. The summed E-state index contributed by atoms with van der Waals surface area (Å²) in [6.07, 6.45) is 2.48. The molecule has 1 aromatic carbocycles. The zero-order chi connectivity index (χ0) is 13.0. The van der Waals surface area contributed by atoms with Gasteiger partial charge in [0.15, 0.2) is 0 Å². The van der Waals surface area contributed by atoms with Crippen molar-refractivity contribution in [1.29, 1.82) is 0 Å². The summed E-state index contributed by atoms with van der Waals surface area (Å²) in [7, 11) is 0. The van der Waals surface area contributed by atoms with E-state index in [1.807, 2.05) is 25.3 Å². The van der Waals surface area contributed by atoms with Crippen LogP contribution in [0.25, 0.3) is 0 Å². The Kier molecular flexibility index (Phi) is 4.86. The maximum Gasteiger partial charge on any atom is 0.127 e. The molecule has 2 nitrogen and oxygen atoms in total. The summed E-state index contributed by atoms with van der Waals surface area (Å²) in [5.74, 6) is -0.170. The van der Waals surface area contributed by atoms with Crippen LogP contribution in [0.1, 0.15) is 23.4 Å². The van der Waals surface area contributed by atoms with Crippen LogP contribution in [-0.4, -0.2) is 11.5 Å². The second-order valence-corrected chi connectivity index (χ2v) is 5.79. The van der Waals surface area contributed by atoms with Gasteiger partial charge in [-0.25, -0.2) is 4.39 Å². The van der Waals surface area contributed by atoms with Crippen LogP contribution in [0.2, 0.25) is 0 Å². The Morgan fingerprint density at radius 3 is 2.94 bits per heavy atom. The van der Waals surface area contributed by atoms with E-state index in [2.05, 4.69) is 26.2 Å². The number of hydrogen-bond donors (Lipinski definition) is 1. The lowest BCUT2D eigenvalue weighted by atomic mass is 10.0. The summed E-state index contributed by atoms with van der Waals surface area (Å²) >= 11 is 4.86. The van der Waals surface area contributed by atoms with Gasteiger partial charge in [-0.1, -0.05) is 28.9 Å². The Hall–Kier alpha value is -0.780. The molecule has 0 amide bonds. The molecule has 0 aliphatic heterocycles. The highest BCUT2D eigenvalue weighted by atomic mass is 79.9. The molecule has 5 heteroatoms. The highest BCUT2D eigenvalue weighted by molar-refractivity contribution is 9.10. The Morgan fingerprint density at radius 2 is 2.33 bits per heavy atom. The van der Waals surface area contributed by atoms with E-state index in [-0.39, 0.29) is 11.9 Å². The number of likely N-dealkylation sites (N-methyl/N-ethyl adjacent to an activating group) is 1. The van der Waals surface area contributed by atoms with Crippen LogP contribution in [0, 0.1) is 5.82 Å². The molecule has 1 atom stereocenters. The molecule has 2 aromatic rings. The van der Waals surface area contributed by atoms with Gasteiger partial charge in [-0.15, -0.1) is 11.3 Å². The molecule has 0 aliphatic rings.